The Kier molecular flexibility index (Phi) is 3.26. The minimum absolute atomic E-state index is 0.133. The van der Waals surface area contributed by atoms with Gasteiger partial charge in [-0.2, -0.15) is 0 Å². The predicted octanol–water partition coefficient (Wildman–Crippen LogP) is 1.82. The van der Waals surface area contributed by atoms with Crippen molar-refractivity contribution in [2.45, 2.75) is 13.2 Å². The molecule has 0 saturated heterocycles. The molecule has 0 aliphatic carbocycles. The van der Waals surface area contributed by atoms with Crippen LogP contribution in [0.2, 0.25) is 0 Å². The molecule has 1 aromatic carbocycles. The summed E-state index contributed by atoms with van der Waals surface area (Å²) in [6.45, 7) is 0.726. The molecule has 0 bridgehead atoms. The smallest absolute Gasteiger partial charge is 0.358 e. The summed E-state index contributed by atoms with van der Waals surface area (Å²) in [5.41, 5.74) is 0.791. The number of carboxylic acid groups (broad SMARTS) is 1. The number of ether oxygens (including phenoxy) is 3. The van der Waals surface area contributed by atoms with E-state index in [0.29, 0.717) is 18.1 Å². The summed E-state index contributed by atoms with van der Waals surface area (Å²) in [7, 11) is 0. The highest BCUT2D eigenvalue weighted by Gasteiger charge is 2.14. The van der Waals surface area contributed by atoms with Crippen molar-refractivity contribution in [1.82, 2.24) is 5.16 Å². The lowest BCUT2D eigenvalue weighted by Crippen LogP contribution is -1.95. The van der Waals surface area contributed by atoms with E-state index in [1.54, 1.807) is 0 Å². The molecule has 20 heavy (non-hydrogen) atoms. The molecular formula is C13H11NO6. The minimum Gasteiger partial charge on any atom is -0.476 e. The second kappa shape index (κ2) is 5.22. The van der Waals surface area contributed by atoms with Crippen LogP contribution in [0.4, 0.5) is 0 Å². The van der Waals surface area contributed by atoms with Crippen LogP contribution in [0.15, 0.2) is 28.8 Å². The SMILES string of the molecule is O=C(O)c1cc(COCc2ccc3c(c2)OCO3)on1. The van der Waals surface area contributed by atoms with E-state index in [-0.39, 0.29) is 19.1 Å². The van der Waals surface area contributed by atoms with Crippen molar-refractivity contribution in [3.05, 3.63) is 41.3 Å². The van der Waals surface area contributed by atoms with Crippen LogP contribution >= 0.6 is 0 Å². The van der Waals surface area contributed by atoms with Gasteiger partial charge in [0.25, 0.3) is 0 Å². The number of aromatic carboxylic acids is 1. The number of hydrogen-bond donors (Lipinski definition) is 1. The van der Waals surface area contributed by atoms with Crippen LogP contribution in [0.5, 0.6) is 11.5 Å². The summed E-state index contributed by atoms with van der Waals surface area (Å²) in [6.07, 6.45) is 0. The monoisotopic (exact) mass is 277 g/mol. The summed E-state index contributed by atoms with van der Waals surface area (Å²) >= 11 is 0. The number of aromatic nitrogens is 1. The first-order valence-electron chi connectivity index (χ1n) is 5.87. The maximum absolute atomic E-state index is 10.6. The lowest BCUT2D eigenvalue weighted by molar-refractivity contribution is 0.0683. The second-order valence-corrected chi connectivity index (χ2v) is 4.16. The molecule has 7 nitrogen and oxygen atoms in total. The van der Waals surface area contributed by atoms with Crippen LogP contribution in [0.25, 0.3) is 0 Å². The van der Waals surface area contributed by atoms with Crippen molar-refractivity contribution in [2.24, 2.45) is 0 Å². The molecule has 0 amide bonds. The van der Waals surface area contributed by atoms with E-state index >= 15 is 0 Å². The van der Waals surface area contributed by atoms with Crippen molar-refractivity contribution in [3.8, 4) is 11.5 Å². The van der Waals surface area contributed by atoms with Gasteiger partial charge in [0.2, 0.25) is 6.79 Å². The molecule has 0 unspecified atom stereocenters. The average molecular weight is 277 g/mol. The normalized spacial score (nSPS) is 12.6. The molecule has 1 aliphatic heterocycles. The Morgan fingerprint density at radius 2 is 2.10 bits per heavy atom. The summed E-state index contributed by atoms with van der Waals surface area (Å²) in [5.74, 6) is 0.646. The molecule has 1 aromatic heterocycles. The Morgan fingerprint density at radius 1 is 1.25 bits per heavy atom. The topological polar surface area (TPSA) is 91.0 Å². The molecule has 0 saturated carbocycles. The molecule has 1 aliphatic rings. The maximum atomic E-state index is 10.6. The predicted molar refractivity (Wildman–Crippen MR) is 64.5 cm³/mol. The maximum Gasteiger partial charge on any atom is 0.358 e. The van der Waals surface area contributed by atoms with Crippen LogP contribution in [0, 0.1) is 0 Å². The first-order valence-corrected chi connectivity index (χ1v) is 5.87. The molecule has 2 heterocycles. The summed E-state index contributed by atoms with van der Waals surface area (Å²) in [5, 5.41) is 12.1. The molecule has 1 N–H and O–H groups in total. The van der Waals surface area contributed by atoms with Gasteiger partial charge in [0, 0.05) is 6.07 Å². The summed E-state index contributed by atoms with van der Waals surface area (Å²) in [4.78, 5) is 10.6. The molecular weight excluding hydrogens is 266 g/mol. The van der Waals surface area contributed by atoms with Gasteiger partial charge in [0.1, 0.15) is 6.61 Å². The lowest BCUT2D eigenvalue weighted by atomic mass is 10.2. The molecule has 0 radical (unpaired) electrons. The standard InChI is InChI=1S/C13H11NO6/c15-13(16)10-4-9(20-14-10)6-17-5-8-1-2-11-12(3-8)19-7-18-11/h1-4H,5-7H2,(H,15,16). The highest BCUT2D eigenvalue weighted by molar-refractivity contribution is 5.85. The lowest BCUT2D eigenvalue weighted by Gasteiger charge is -2.03. The van der Waals surface area contributed by atoms with Crippen LogP contribution in [0.3, 0.4) is 0 Å². The van der Waals surface area contributed by atoms with Crippen molar-refractivity contribution >= 4 is 5.97 Å². The zero-order chi connectivity index (χ0) is 13.9. The molecule has 104 valence electrons. The van der Waals surface area contributed by atoms with Gasteiger partial charge in [0.15, 0.2) is 23.0 Å². The Labute approximate surface area is 113 Å². The van der Waals surface area contributed by atoms with Gasteiger partial charge in [0.05, 0.1) is 6.61 Å². The Morgan fingerprint density at radius 3 is 2.90 bits per heavy atom. The average Bonchev–Trinajstić information content (AvgIpc) is 3.06. The van der Waals surface area contributed by atoms with E-state index < -0.39 is 5.97 Å². The number of rotatable bonds is 5. The zero-order valence-corrected chi connectivity index (χ0v) is 10.4. The van der Waals surface area contributed by atoms with E-state index in [1.807, 2.05) is 18.2 Å². The van der Waals surface area contributed by atoms with Crippen LogP contribution in [-0.2, 0) is 18.0 Å². The highest BCUT2D eigenvalue weighted by Crippen LogP contribution is 2.32. The van der Waals surface area contributed by atoms with Crippen molar-refractivity contribution in [2.75, 3.05) is 6.79 Å². The van der Waals surface area contributed by atoms with Gasteiger partial charge in [-0.15, -0.1) is 0 Å². The number of benzene rings is 1. The fraction of sp³-hybridized carbons (Fsp3) is 0.231. The summed E-state index contributed by atoms with van der Waals surface area (Å²) < 4.78 is 20.7. The van der Waals surface area contributed by atoms with Crippen LogP contribution in [0.1, 0.15) is 21.8 Å². The second-order valence-electron chi connectivity index (χ2n) is 4.16. The third-order valence-electron chi connectivity index (χ3n) is 2.73. The Hall–Kier alpha value is -2.54. The molecule has 7 heteroatoms. The number of carboxylic acids is 1. The minimum atomic E-state index is -1.13. The molecule has 3 rings (SSSR count). The number of fused-ring (bicyclic) bond motifs is 1. The zero-order valence-electron chi connectivity index (χ0n) is 10.4. The van der Waals surface area contributed by atoms with Crippen molar-refractivity contribution < 1.29 is 28.6 Å². The van der Waals surface area contributed by atoms with Crippen LogP contribution < -0.4 is 9.47 Å². The Bertz CT molecular complexity index is 636. The third kappa shape index (κ3) is 2.57. The van der Waals surface area contributed by atoms with Crippen LogP contribution in [-0.4, -0.2) is 23.0 Å². The fourth-order valence-electron chi connectivity index (χ4n) is 1.78. The van der Waals surface area contributed by atoms with Gasteiger partial charge < -0.3 is 23.8 Å². The number of carbonyl (C=O) groups is 1. The third-order valence-corrected chi connectivity index (χ3v) is 2.73. The number of nitrogens with zero attached hydrogens (tertiary/aromatic N) is 1. The molecule has 0 fully saturated rings. The first kappa shape index (κ1) is 12.5. The fourth-order valence-corrected chi connectivity index (χ4v) is 1.78. The van der Waals surface area contributed by atoms with E-state index in [4.69, 9.17) is 23.8 Å². The van der Waals surface area contributed by atoms with E-state index in [0.717, 1.165) is 11.3 Å². The van der Waals surface area contributed by atoms with Crippen molar-refractivity contribution in [3.63, 3.8) is 0 Å². The Balaban J connectivity index is 1.55. The van der Waals surface area contributed by atoms with Gasteiger partial charge in [-0.25, -0.2) is 4.79 Å². The summed E-state index contributed by atoms with van der Waals surface area (Å²) in [6, 6.07) is 6.86. The highest BCUT2D eigenvalue weighted by atomic mass is 16.7. The quantitative estimate of drug-likeness (QED) is 0.891. The van der Waals surface area contributed by atoms with Gasteiger partial charge >= 0.3 is 5.97 Å². The van der Waals surface area contributed by atoms with E-state index in [9.17, 15) is 4.79 Å². The van der Waals surface area contributed by atoms with E-state index in [1.165, 1.54) is 6.07 Å². The first-order chi connectivity index (χ1) is 9.72. The molecule has 0 atom stereocenters. The number of hydrogen-bond acceptors (Lipinski definition) is 6. The van der Waals surface area contributed by atoms with E-state index in [2.05, 4.69) is 5.16 Å². The molecule has 0 spiro atoms. The van der Waals surface area contributed by atoms with Gasteiger partial charge in [-0.3, -0.25) is 0 Å². The van der Waals surface area contributed by atoms with Gasteiger partial charge in [-0.05, 0) is 17.7 Å². The molecule has 2 aromatic rings. The largest absolute Gasteiger partial charge is 0.476 e. The van der Waals surface area contributed by atoms with Crippen molar-refractivity contribution in [1.29, 1.82) is 0 Å². The van der Waals surface area contributed by atoms with Gasteiger partial charge in [-0.1, -0.05) is 11.2 Å².